The second-order valence-electron chi connectivity index (χ2n) is 16.5. The molecule has 3 aliphatic rings. The first-order chi connectivity index (χ1) is 31.2. The van der Waals surface area contributed by atoms with E-state index in [-0.39, 0.29) is 6.17 Å². The molecule has 9 aromatic carbocycles. The summed E-state index contributed by atoms with van der Waals surface area (Å²) >= 11 is 0. The number of hydrogen-bond donors (Lipinski definition) is 1. The van der Waals surface area contributed by atoms with Crippen LogP contribution in [0.2, 0.25) is 0 Å². The molecule has 5 heteroatoms. The molecule has 1 unspecified atom stereocenters. The lowest BCUT2D eigenvalue weighted by Crippen LogP contribution is -2.33. The van der Waals surface area contributed by atoms with Crippen molar-refractivity contribution in [2.75, 3.05) is 0 Å². The minimum Gasteiger partial charge on any atom is -0.457 e. The van der Waals surface area contributed by atoms with Gasteiger partial charge in [0.15, 0.2) is 5.84 Å². The van der Waals surface area contributed by atoms with Crippen molar-refractivity contribution >= 4 is 33.5 Å². The van der Waals surface area contributed by atoms with Gasteiger partial charge in [-0.3, -0.25) is 0 Å². The number of nitrogens with one attached hydrogen (secondary N) is 1. The van der Waals surface area contributed by atoms with Gasteiger partial charge in [0.2, 0.25) is 0 Å². The van der Waals surface area contributed by atoms with Crippen molar-refractivity contribution in [1.82, 2.24) is 9.88 Å². The lowest BCUT2D eigenvalue weighted by atomic mass is 9.66. The number of benzene rings is 9. The van der Waals surface area contributed by atoms with Gasteiger partial charge >= 0.3 is 0 Å². The summed E-state index contributed by atoms with van der Waals surface area (Å²) < 4.78 is 9.07. The van der Waals surface area contributed by atoms with Crippen LogP contribution < -0.4 is 10.1 Å². The molecule has 296 valence electrons. The van der Waals surface area contributed by atoms with Crippen LogP contribution in [0.4, 0.5) is 0 Å². The van der Waals surface area contributed by atoms with E-state index in [1.165, 1.54) is 33.0 Å². The summed E-state index contributed by atoms with van der Waals surface area (Å²) in [7, 11) is 0. The average Bonchev–Trinajstić information content (AvgIpc) is 3.83. The van der Waals surface area contributed by atoms with E-state index in [0.717, 1.165) is 73.0 Å². The number of hydrogen-bond acceptors (Lipinski definition) is 4. The second kappa shape index (κ2) is 13.9. The molecular weight excluding hydrogens is 769 g/mol. The predicted octanol–water partition coefficient (Wildman–Crippen LogP) is 13.4. The number of amidine groups is 2. The van der Waals surface area contributed by atoms with E-state index in [4.69, 9.17) is 14.7 Å². The fourth-order valence-electron chi connectivity index (χ4n) is 10.4. The number of aromatic nitrogens is 1. The van der Waals surface area contributed by atoms with E-state index in [2.05, 4.69) is 216 Å². The summed E-state index contributed by atoms with van der Waals surface area (Å²) in [4.78, 5) is 10.4. The zero-order valence-electron chi connectivity index (χ0n) is 34.1. The fraction of sp³-hybridized carbons (Fsp3) is 0.0345. The van der Waals surface area contributed by atoms with Gasteiger partial charge < -0.3 is 14.6 Å². The van der Waals surface area contributed by atoms with Gasteiger partial charge in [0, 0.05) is 38.7 Å². The van der Waals surface area contributed by atoms with Crippen molar-refractivity contribution < 1.29 is 4.74 Å². The average molecular weight is 807 g/mol. The third-order valence-corrected chi connectivity index (χ3v) is 13.1. The molecule has 13 rings (SSSR count). The Kier molecular flexibility index (Phi) is 7.81. The predicted molar refractivity (Wildman–Crippen MR) is 255 cm³/mol. The van der Waals surface area contributed by atoms with Crippen LogP contribution in [-0.4, -0.2) is 16.2 Å². The Morgan fingerprint density at radius 1 is 0.444 bits per heavy atom. The molecule has 0 saturated heterocycles. The minimum absolute atomic E-state index is 0.301. The first-order valence-corrected chi connectivity index (χ1v) is 21.5. The Morgan fingerprint density at radius 3 is 1.86 bits per heavy atom. The van der Waals surface area contributed by atoms with Gasteiger partial charge in [-0.2, -0.15) is 0 Å². The van der Waals surface area contributed by atoms with Crippen LogP contribution in [-0.2, 0) is 5.41 Å². The number of fused-ring (bicyclic) bond motifs is 12. The number of rotatable bonds is 5. The molecule has 3 heterocycles. The van der Waals surface area contributed by atoms with E-state index in [1.807, 2.05) is 12.1 Å². The lowest BCUT2D eigenvalue weighted by Gasteiger charge is -2.39. The topological polar surface area (TPSA) is 50.9 Å². The van der Waals surface area contributed by atoms with E-state index in [1.54, 1.807) is 0 Å². The molecule has 1 spiro atoms. The van der Waals surface area contributed by atoms with E-state index in [0.29, 0.717) is 5.84 Å². The van der Waals surface area contributed by atoms with Crippen molar-refractivity contribution in [3.63, 3.8) is 0 Å². The standard InChI is InChI=1S/C58H38N4O/c1-3-16-37(17-4-1)40-20-15-21-41(34-40)57-60-55(38-18-5-2-6-19-38)59-56(61-57)39-30-32-42(33-31-39)62-51-27-12-8-23-44(51)46-35-45-43-22-7-9-24-47(43)58(50(45)36-52(46)62)48-25-10-13-28-53(48)63-54-29-14-11-26-49(54)58/h1-36,55H,(H,59,60,61). The van der Waals surface area contributed by atoms with Crippen LogP contribution in [0.3, 0.4) is 0 Å². The van der Waals surface area contributed by atoms with Gasteiger partial charge in [0.25, 0.3) is 0 Å². The maximum absolute atomic E-state index is 6.64. The normalized spacial score (nSPS) is 15.4. The first kappa shape index (κ1) is 35.5. The number of nitrogens with zero attached hydrogens (tertiary/aromatic N) is 3. The number of aliphatic imine (C=N–C) groups is 2. The Bertz CT molecular complexity index is 3470. The van der Waals surface area contributed by atoms with Crippen LogP contribution in [0.15, 0.2) is 228 Å². The summed E-state index contributed by atoms with van der Waals surface area (Å²) in [6.07, 6.45) is -0.301. The third-order valence-electron chi connectivity index (χ3n) is 13.1. The summed E-state index contributed by atoms with van der Waals surface area (Å²) in [6, 6.07) is 77.9. The summed E-state index contributed by atoms with van der Waals surface area (Å²) in [5, 5.41) is 6.11. The molecule has 0 amide bonds. The minimum atomic E-state index is -0.559. The third kappa shape index (κ3) is 5.36. The monoisotopic (exact) mass is 806 g/mol. The first-order valence-electron chi connectivity index (χ1n) is 21.5. The van der Waals surface area contributed by atoms with Crippen molar-refractivity contribution in [2.24, 2.45) is 9.98 Å². The molecule has 10 aromatic rings. The molecule has 1 atom stereocenters. The van der Waals surface area contributed by atoms with Crippen LogP contribution >= 0.6 is 0 Å². The fourth-order valence-corrected chi connectivity index (χ4v) is 10.4. The largest absolute Gasteiger partial charge is 0.457 e. The van der Waals surface area contributed by atoms with Gasteiger partial charge in [0.1, 0.15) is 23.5 Å². The van der Waals surface area contributed by atoms with Crippen molar-refractivity contribution in [3.05, 3.63) is 257 Å². The molecule has 2 aliphatic heterocycles. The number of para-hydroxylation sites is 3. The highest BCUT2D eigenvalue weighted by molar-refractivity contribution is 6.14. The Balaban J connectivity index is 0.970. The maximum atomic E-state index is 6.64. The summed E-state index contributed by atoms with van der Waals surface area (Å²) in [5.74, 6) is 3.26. The van der Waals surface area contributed by atoms with E-state index >= 15 is 0 Å². The van der Waals surface area contributed by atoms with Crippen LogP contribution in [0.1, 0.15) is 45.1 Å². The highest BCUT2D eigenvalue weighted by Gasteiger charge is 2.51. The highest BCUT2D eigenvalue weighted by atomic mass is 16.5. The van der Waals surface area contributed by atoms with Crippen molar-refractivity contribution in [2.45, 2.75) is 11.6 Å². The Hall–Kier alpha value is -8.28. The molecule has 0 saturated carbocycles. The molecule has 63 heavy (non-hydrogen) atoms. The zero-order chi connectivity index (χ0) is 41.5. The smallest absolute Gasteiger partial charge is 0.159 e. The Labute approximate surface area is 365 Å². The highest BCUT2D eigenvalue weighted by Crippen LogP contribution is 2.62. The molecule has 0 bridgehead atoms. The summed E-state index contributed by atoms with van der Waals surface area (Å²) in [6.45, 7) is 0. The van der Waals surface area contributed by atoms with Crippen LogP contribution in [0.5, 0.6) is 11.5 Å². The zero-order valence-corrected chi connectivity index (χ0v) is 34.1. The SMILES string of the molecule is c1ccc(-c2cccc(C3=NC(c4ccccc4)NC(c4ccc(-n5c6ccccc6c6cc7c(cc65)C5(c6ccccc6Oc6ccccc65)c5ccccc5-7)cc4)=N3)c2)cc1. The molecule has 1 aromatic heterocycles. The van der Waals surface area contributed by atoms with Gasteiger partial charge in [0.05, 0.1) is 16.4 Å². The maximum Gasteiger partial charge on any atom is 0.159 e. The van der Waals surface area contributed by atoms with Crippen LogP contribution in [0.25, 0.3) is 49.7 Å². The lowest BCUT2D eigenvalue weighted by molar-refractivity contribution is 0.436. The van der Waals surface area contributed by atoms with Crippen molar-refractivity contribution in [1.29, 1.82) is 0 Å². The Morgan fingerprint density at radius 2 is 1.08 bits per heavy atom. The van der Waals surface area contributed by atoms with Gasteiger partial charge in [-0.25, -0.2) is 9.98 Å². The van der Waals surface area contributed by atoms with E-state index < -0.39 is 5.41 Å². The van der Waals surface area contributed by atoms with Gasteiger partial charge in [-0.1, -0.05) is 158 Å². The molecule has 1 aliphatic carbocycles. The summed E-state index contributed by atoms with van der Waals surface area (Å²) in [5.41, 5.74) is 15.5. The second-order valence-corrected chi connectivity index (χ2v) is 16.5. The molecule has 5 nitrogen and oxygen atoms in total. The molecule has 0 fully saturated rings. The number of ether oxygens (including phenoxy) is 1. The molecule has 0 radical (unpaired) electrons. The van der Waals surface area contributed by atoms with Gasteiger partial charge in [-0.15, -0.1) is 0 Å². The molecular formula is C58H38N4O. The molecule has 1 N–H and O–H groups in total. The van der Waals surface area contributed by atoms with Gasteiger partial charge in [-0.05, 0) is 99.6 Å². The van der Waals surface area contributed by atoms with Crippen molar-refractivity contribution in [3.8, 4) is 39.4 Å². The quantitative estimate of drug-likeness (QED) is 0.188. The van der Waals surface area contributed by atoms with E-state index in [9.17, 15) is 0 Å². The van der Waals surface area contributed by atoms with Crippen LogP contribution in [0, 0.1) is 0 Å².